The van der Waals surface area contributed by atoms with Crippen molar-refractivity contribution in [3.05, 3.63) is 64.9 Å². The van der Waals surface area contributed by atoms with E-state index in [1.165, 1.54) is 5.56 Å². The van der Waals surface area contributed by atoms with Gasteiger partial charge in [-0.25, -0.2) is 0 Å². The van der Waals surface area contributed by atoms with Crippen molar-refractivity contribution in [2.24, 2.45) is 0 Å². The first-order valence-electron chi connectivity index (χ1n) is 10.4. The molecule has 1 atom stereocenters. The topological polar surface area (TPSA) is 45.7 Å². The van der Waals surface area contributed by atoms with E-state index in [-0.39, 0.29) is 30.0 Å². The van der Waals surface area contributed by atoms with Gasteiger partial charge in [0.05, 0.1) is 28.8 Å². The number of hydrogen-bond donors (Lipinski definition) is 0. The lowest BCUT2D eigenvalue weighted by molar-refractivity contribution is -0.161. The summed E-state index contributed by atoms with van der Waals surface area (Å²) in [4.78, 5) is 21.5. The van der Waals surface area contributed by atoms with E-state index in [1.807, 2.05) is 4.90 Å². The van der Waals surface area contributed by atoms with Gasteiger partial charge in [0.1, 0.15) is 0 Å². The number of likely N-dealkylation sites (tertiary alicyclic amines) is 1. The Balaban J connectivity index is 0.00000256. The molecule has 1 aromatic carbocycles. The number of piperidine rings is 1. The molecule has 30 heavy (non-hydrogen) atoms. The molecule has 162 valence electrons. The average Bonchev–Trinajstić information content (AvgIpc) is 2.73. The second-order valence-corrected chi connectivity index (χ2v) is 8.70. The van der Waals surface area contributed by atoms with Crippen LogP contribution in [0.4, 0.5) is 0 Å². The summed E-state index contributed by atoms with van der Waals surface area (Å²) in [6, 6.07) is 12.3. The third kappa shape index (κ3) is 5.52. The molecule has 2 fully saturated rings. The molecule has 1 amide bonds. The molecule has 5 nitrogen and oxygen atoms in total. The summed E-state index contributed by atoms with van der Waals surface area (Å²) in [5.41, 5.74) is 1.67. The first kappa shape index (κ1) is 23.0. The molecule has 0 bridgehead atoms. The molecule has 3 heterocycles. The normalized spacial score (nSPS) is 21.3. The number of nitrogens with zero attached hydrogens (tertiary/aromatic N) is 3. The Hall–Kier alpha value is -1.66. The lowest BCUT2D eigenvalue weighted by Crippen LogP contribution is -2.60. The van der Waals surface area contributed by atoms with E-state index < -0.39 is 0 Å². The molecule has 0 saturated carbocycles. The van der Waals surface area contributed by atoms with Crippen molar-refractivity contribution in [2.45, 2.75) is 37.9 Å². The van der Waals surface area contributed by atoms with Crippen LogP contribution in [0.25, 0.3) is 0 Å². The van der Waals surface area contributed by atoms with Crippen LogP contribution in [-0.4, -0.2) is 65.1 Å². The first-order valence-corrected chi connectivity index (χ1v) is 10.7. The average molecular weight is 450 g/mol. The summed E-state index contributed by atoms with van der Waals surface area (Å²) in [5.74, 6) is -0.0129. The minimum Gasteiger partial charge on any atom is -0.368 e. The van der Waals surface area contributed by atoms with Gasteiger partial charge in [0.15, 0.2) is 0 Å². The number of amides is 1. The maximum Gasteiger partial charge on any atom is 0.255 e. The molecule has 2 aliphatic heterocycles. The second kappa shape index (κ2) is 10.1. The van der Waals surface area contributed by atoms with Gasteiger partial charge < -0.3 is 14.5 Å². The van der Waals surface area contributed by atoms with E-state index in [0.717, 1.165) is 38.9 Å². The number of carbonyl (C=O) groups is 1. The highest BCUT2D eigenvalue weighted by molar-refractivity contribution is 6.30. The molecule has 0 radical (unpaired) electrons. The van der Waals surface area contributed by atoms with Gasteiger partial charge in [-0.05, 0) is 37.8 Å². The number of ether oxygens (including phenoxy) is 1. The lowest BCUT2D eigenvalue weighted by atomic mass is 9.88. The van der Waals surface area contributed by atoms with Gasteiger partial charge in [0.2, 0.25) is 0 Å². The summed E-state index contributed by atoms with van der Waals surface area (Å²) in [6.07, 6.45) is 6.13. The second-order valence-electron chi connectivity index (χ2n) is 8.27. The Morgan fingerprint density at radius 3 is 2.67 bits per heavy atom. The Labute approximate surface area is 189 Å². The zero-order valence-electron chi connectivity index (χ0n) is 17.3. The molecule has 1 aromatic heterocycles. The van der Waals surface area contributed by atoms with E-state index in [4.69, 9.17) is 16.3 Å². The SMILES string of the molecule is CC1CN(C(=O)c2cncc(Cl)c2)CC2(CCN(CCc3ccccc3)CC2)O1.Cl. The number of hydrogen-bond acceptors (Lipinski definition) is 4. The van der Waals surface area contributed by atoms with Crippen LogP contribution < -0.4 is 0 Å². The maximum absolute atomic E-state index is 13.0. The fourth-order valence-electron chi connectivity index (χ4n) is 4.48. The van der Waals surface area contributed by atoms with Crippen molar-refractivity contribution >= 4 is 29.9 Å². The van der Waals surface area contributed by atoms with Gasteiger partial charge in [-0.3, -0.25) is 9.78 Å². The number of halogens is 2. The quantitative estimate of drug-likeness (QED) is 0.704. The fraction of sp³-hybridized carbons (Fsp3) is 0.478. The van der Waals surface area contributed by atoms with Gasteiger partial charge >= 0.3 is 0 Å². The zero-order chi connectivity index (χ0) is 20.3. The number of pyridine rings is 1. The van der Waals surface area contributed by atoms with E-state index in [2.05, 4.69) is 47.1 Å². The Morgan fingerprint density at radius 2 is 1.97 bits per heavy atom. The van der Waals surface area contributed by atoms with Crippen molar-refractivity contribution in [1.29, 1.82) is 0 Å². The van der Waals surface area contributed by atoms with Crippen LogP contribution in [-0.2, 0) is 11.2 Å². The van der Waals surface area contributed by atoms with Crippen molar-refractivity contribution in [3.63, 3.8) is 0 Å². The van der Waals surface area contributed by atoms with E-state index in [1.54, 1.807) is 18.5 Å². The minimum absolute atomic E-state index is 0. The lowest BCUT2D eigenvalue weighted by Gasteiger charge is -2.49. The van der Waals surface area contributed by atoms with E-state index in [0.29, 0.717) is 23.7 Å². The first-order chi connectivity index (χ1) is 14.0. The molecule has 0 aliphatic carbocycles. The highest BCUT2D eigenvalue weighted by Crippen LogP contribution is 2.33. The molecule has 4 rings (SSSR count). The number of carbonyl (C=O) groups excluding carboxylic acids is 1. The zero-order valence-corrected chi connectivity index (χ0v) is 18.9. The largest absolute Gasteiger partial charge is 0.368 e. The third-order valence-electron chi connectivity index (χ3n) is 5.97. The van der Waals surface area contributed by atoms with Gasteiger partial charge in [0, 0.05) is 38.6 Å². The third-order valence-corrected chi connectivity index (χ3v) is 6.18. The predicted molar refractivity (Wildman–Crippen MR) is 121 cm³/mol. The van der Waals surface area contributed by atoms with Crippen molar-refractivity contribution < 1.29 is 9.53 Å². The summed E-state index contributed by atoms with van der Waals surface area (Å²) in [7, 11) is 0. The van der Waals surface area contributed by atoms with Crippen molar-refractivity contribution in [2.75, 3.05) is 32.7 Å². The monoisotopic (exact) mass is 449 g/mol. The molecular weight excluding hydrogens is 421 g/mol. The van der Waals surface area contributed by atoms with Crippen molar-refractivity contribution in [3.8, 4) is 0 Å². The highest BCUT2D eigenvalue weighted by Gasteiger charge is 2.43. The van der Waals surface area contributed by atoms with Crippen LogP contribution in [0.5, 0.6) is 0 Å². The van der Waals surface area contributed by atoms with Crippen LogP contribution in [0.3, 0.4) is 0 Å². The summed E-state index contributed by atoms with van der Waals surface area (Å²) in [5, 5.41) is 0.485. The number of aromatic nitrogens is 1. The fourth-order valence-corrected chi connectivity index (χ4v) is 4.66. The molecule has 1 spiro atoms. The van der Waals surface area contributed by atoms with Gasteiger partial charge in [-0.15, -0.1) is 12.4 Å². The number of rotatable bonds is 4. The summed E-state index contributed by atoms with van der Waals surface area (Å²) in [6.45, 7) is 6.35. The number of morpholine rings is 1. The van der Waals surface area contributed by atoms with Crippen LogP contribution in [0.1, 0.15) is 35.7 Å². The van der Waals surface area contributed by atoms with Crippen LogP contribution in [0.2, 0.25) is 5.02 Å². The molecule has 0 N–H and O–H groups in total. The summed E-state index contributed by atoms with van der Waals surface area (Å²) < 4.78 is 6.40. The van der Waals surface area contributed by atoms with Gasteiger partial charge in [-0.2, -0.15) is 0 Å². The van der Waals surface area contributed by atoms with Crippen LogP contribution in [0.15, 0.2) is 48.8 Å². The molecule has 7 heteroatoms. The van der Waals surface area contributed by atoms with Crippen LogP contribution >= 0.6 is 24.0 Å². The molecule has 2 aliphatic rings. The Kier molecular flexibility index (Phi) is 7.75. The van der Waals surface area contributed by atoms with Crippen LogP contribution in [0, 0.1) is 0 Å². The molecule has 2 aromatic rings. The Bertz CT molecular complexity index is 841. The summed E-state index contributed by atoms with van der Waals surface area (Å²) >= 11 is 6.03. The van der Waals surface area contributed by atoms with E-state index in [9.17, 15) is 4.79 Å². The van der Waals surface area contributed by atoms with Gasteiger partial charge in [-0.1, -0.05) is 41.9 Å². The predicted octanol–water partition coefficient (Wildman–Crippen LogP) is 4.10. The number of benzene rings is 1. The minimum atomic E-state index is -0.247. The van der Waals surface area contributed by atoms with E-state index >= 15 is 0 Å². The smallest absolute Gasteiger partial charge is 0.255 e. The molecule has 2 saturated heterocycles. The van der Waals surface area contributed by atoms with Gasteiger partial charge in [0.25, 0.3) is 5.91 Å². The Morgan fingerprint density at radius 1 is 1.23 bits per heavy atom. The molecular formula is C23H29Cl2N3O2. The van der Waals surface area contributed by atoms with Crippen molar-refractivity contribution in [1.82, 2.24) is 14.8 Å². The maximum atomic E-state index is 13.0. The standard InChI is InChI=1S/C23H28ClN3O2.ClH/c1-18-16-27(22(28)20-13-21(24)15-25-14-20)17-23(29-18)8-11-26(12-9-23)10-7-19-5-3-2-4-6-19;/h2-6,13-15,18H,7-12,16-17H2,1H3;1H. The molecule has 1 unspecified atom stereocenters. The highest BCUT2D eigenvalue weighted by atomic mass is 35.5.